The fourth-order valence-corrected chi connectivity index (χ4v) is 2.63. The fraction of sp³-hybridized carbons (Fsp3) is 0.500. The summed E-state index contributed by atoms with van der Waals surface area (Å²) in [6.45, 7) is -0.181. The van der Waals surface area contributed by atoms with E-state index in [0.29, 0.717) is 5.56 Å². The fourth-order valence-electron chi connectivity index (χ4n) is 2.63. The van der Waals surface area contributed by atoms with Crippen LogP contribution in [-0.2, 0) is 40.1 Å². The van der Waals surface area contributed by atoms with Crippen molar-refractivity contribution in [3.05, 3.63) is 29.3 Å². The summed E-state index contributed by atoms with van der Waals surface area (Å²) in [5.41, 5.74) is 1.41. The third kappa shape index (κ3) is 10.5. The molecule has 206 valence electrons. The second-order valence-corrected chi connectivity index (χ2v) is 7.10. The lowest BCUT2D eigenvalue weighted by molar-refractivity contribution is -0.242. The van der Waals surface area contributed by atoms with E-state index in [0.717, 1.165) is 0 Å². The van der Waals surface area contributed by atoms with Crippen molar-refractivity contribution in [3.8, 4) is 5.75 Å². The molecule has 1 aliphatic rings. The molecule has 0 saturated carbocycles. The average molecular weight is 540 g/mol. The molecule has 2 amide bonds. The van der Waals surface area contributed by atoms with Crippen molar-refractivity contribution < 1.29 is 71.5 Å². The zero-order valence-corrected chi connectivity index (χ0v) is 19.0. The Hall–Kier alpha value is -3.60. The van der Waals surface area contributed by atoms with Gasteiger partial charge >= 0.3 is 24.2 Å². The van der Waals surface area contributed by atoms with E-state index in [9.17, 15) is 42.9 Å². The lowest BCUT2D eigenvalue weighted by Crippen LogP contribution is -2.54. The molecule has 1 aromatic rings. The summed E-state index contributed by atoms with van der Waals surface area (Å²) in [4.78, 5) is 55.0. The molecular formula is C20H23F3N2O12. The zero-order valence-electron chi connectivity index (χ0n) is 19.0. The standard InChI is InChI=1S/C19H23F3N2O10.CO2/c1-9(25)31-7-10-2-3-13(34-17-15(28)14(27)12(26)8-32-17)11(6-10)16(29)23-4-5-33-24-18(30)19(20,21)22;2-1-3/h2-3,6,12,14-15,17,26-28H,4-5,7-8H2,1H3,(H,23,29)(H,24,30);/t12-,14+,15-,17+;/m1./s1. The summed E-state index contributed by atoms with van der Waals surface area (Å²) in [5.74, 6) is -3.80. The van der Waals surface area contributed by atoms with Crippen LogP contribution in [0.25, 0.3) is 0 Å². The van der Waals surface area contributed by atoms with Gasteiger partial charge in [-0.2, -0.15) is 22.8 Å². The van der Waals surface area contributed by atoms with Crippen LogP contribution in [0.1, 0.15) is 22.8 Å². The van der Waals surface area contributed by atoms with E-state index in [4.69, 9.17) is 23.8 Å². The van der Waals surface area contributed by atoms with Crippen LogP contribution in [0.2, 0.25) is 0 Å². The number of carbonyl (C=O) groups is 3. The van der Waals surface area contributed by atoms with E-state index in [1.165, 1.54) is 30.6 Å². The molecule has 1 aromatic carbocycles. The molecule has 4 atom stereocenters. The maximum atomic E-state index is 12.6. The predicted molar refractivity (Wildman–Crippen MR) is 108 cm³/mol. The SMILES string of the molecule is CC(=O)OCc1ccc(O[C@@H]2OC[C@@H](O)[C@H](O)[C@H]2O)c(C(=O)NCCONC(=O)C(F)(F)F)c1.O=C=O. The summed E-state index contributed by atoms with van der Waals surface area (Å²) in [6.07, 6.45) is -10.9. The largest absolute Gasteiger partial charge is 0.473 e. The highest BCUT2D eigenvalue weighted by atomic mass is 19.4. The minimum Gasteiger partial charge on any atom is -0.461 e. The van der Waals surface area contributed by atoms with Crippen LogP contribution in [0.4, 0.5) is 13.2 Å². The molecule has 1 aliphatic heterocycles. The zero-order chi connectivity index (χ0) is 28.2. The van der Waals surface area contributed by atoms with Gasteiger partial charge in [0.05, 0.1) is 18.8 Å². The summed E-state index contributed by atoms with van der Waals surface area (Å²) < 4.78 is 51.8. The molecule has 1 fully saturated rings. The number of esters is 1. The molecule has 0 unspecified atom stereocenters. The van der Waals surface area contributed by atoms with E-state index in [-0.39, 0.29) is 37.2 Å². The van der Waals surface area contributed by atoms with Crippen molar-refractivity contribution in [2.75, 3.05) is 19.8 Å². The summed E-state index contributed by atoms with van der Waals surface area (Å²) >= 11 is 0. The van der Waals surface area contributed by atoms with Crippen molar-refractivity contribution in [2.45, 2.75) is 44.3 Å². The number of alkyl halides is 3. The van der Waals surface area contributed by atoms with Crippen LogP contribution in [0, 0.1) is 0 Å². The van der Waals surface area contributed by atoms with Gasteiger partial charge in [0.2, 0.25) is 6.29 Å². The van der Waals surface area contributed by atoms with Gasteiger partial charge in [0.25, 0.3) is 5.91 Å². The van der Waals surface area contributed by atoms with Crippen LogP contribution >= 0.6 is 0 Å². The van der Waals surface area contributed by atoms with Crippen molar-refractivity contribution >= 4 is 23.9 Å². The van der Waals surface area contributed by atoms with Gasteiger partial charge in [-0.15, -0.1) is 0 Å². The summed E-state index contributed by atoms with van der Waals surface area (Å²) in [6, 6.07) is 4.05. The number of benzene rings is 1. The number of hydrogen-bond acceptors (Lipinski definition) is 12. The molecule has 37 heavy (non-hydrogen) atoms. The lowest BCUT2D eigenvalue weighted by Gasteiger charge is -2.35. The van der Waals surface area contributed by atoms with E-state index >= 15 is 0 Å². The van der Waals surface area contributed by atoms with Crippen molar-refractivity contribution in [2.24, 2.45) is 0 Å². The third-order valence-electron chi connectivity index (χ3n) is 4.34. The van der Waals surface area contributed by atoms with E-state index in [1.807, 2.05) is 0 Å². The lowest BCUT2D eigenvalue weighted by atomic mass is 10.1. The number of amides is 2. The number of nitrogens with one attached hydrogen (secondary N) is 2. The Morgan fingerprint density at radius 2 is 1.81 bits per heavy atom. The normalized spacial score (nSPS) is 20.9. The molecule has 2 rings (SSSR count). The molecule has 0 aromatic heterocycles. The Morgan fingerprint density at radius 1 is 1.16 bits per heavy atom. The molecule has 0 radical (unpaired) electrons. The molecule has 0 spiro atoms. The molecule has 0 aliphatic carbocycles. The van der Waals surface area contributed by atoms with Crippen molar-refractivity contribution in [1.82, 2.24) is 10.8 Å². The Bertz CT molecular complexity index is 968. The quantitative estimate of drug-likeness (QED) is 0.135. The van der Waals surface area contributed by atoms with Gasteiger partial charge in [-0.25, -0.2) is 5.48 Å². The number of hydroxylamine groups is 1. The number of rotatable bonds is 9. The molecular weight excluding hydrogens is 517 g/mol. The highest BCUT2D eigenvalue weighted by Crippen LogP contribution is 2.26. The maximum absolute atomic E-state index is 12.6. The molecule has 14 nitrogen and oxygen atoms in total. The second-order valence-electron chi connectivity index (χ2n) is 7.10. The Kier molecular flexibility index (Phi) is 12.6. The highest BCUT2D eigenvalue weighted by molar-refractivity contribution is 5.97. The third-order valence-corrected chi connectivity index (χ3v) is 4.34. The highest BCUT2D eigenvalue weighted by Gasteiger charge is 2.40. The first-order valence-corrected chi connectivity index (χ1v) is 10.2. The molecule has 17 heteroatoms. The van der Waals surface area contributed by atoms with E-state index < -0.39 is 55.2 Å². The van der Waals surface area contributed by atoms with Crippen LogP contribution in [0.5, 0.6) is 5.75 Å². The van der Waals surface area contributed by atoms with Crippen molar-refractivity contribution in [1.29, 1.82) is 0 Å². The van der Waals surface area contributed by atoms with Crippen molar-refractivity contribution in [3.63, 3.8) is 0 Å². The monoisotopic (exact) mass is 540 g/mol. The topological polar surface area (TPSA) is 207 Å². The molecule has 1 saturated heterocycles. The average Bonchev–Trinajstić information content (AvgIpc) is 2.83. The Labute approximate surface area is 206 Å². The first-order valence-electron chi connectivity index (χ1n) is 10.2. The Balaban J connectivity index is 0.00000217. The maximum Gasteiger partial charge on any atom is 0.473 e. The van der Waals surface area contributed by atoms with Crippen LogP contribution in [-0.4, -0.2) is 89.8 Å². The van der Waals surface area contributed by atoms with Gasteiger partial charge in [0, 0.05) is 13.5 Å². The first-order chi connectivity index (χ1) is 17.3. The molecule has 0 bridgehead atoms. The van der Waals surface area contributed by atoms with Gasteiger partial charge in [0.15, 0.2) is 0 Å². The van der Waals surface area contributed by atoms with E-state index in [1.54, 1.807) is 0 Å². The number of ether oxygens (including phenoxy) is 3. The number of aliphatic hydroxyl groups excluding tert-OH is 3. The predicted octanol–water partition coefficient (Wildman–Crippen LogP) is -1.68. The van der Waals surface area contributed by atoms with Crippen LogP contribution in [0.3, 0.4) is 0 Å². The minimum absolute atomic E-state index is 0.122. The number of aliphatic hydroxyl groups is 3. The summed E-state index contributed by atoms with van der Waals surface area (Å²) in [7, 11) is 0. The molecule has 1 heterocycles. The van der Waals surface area contributed by atoms with Gasteiger partial charge in [-0.05, 0) is 17.7 Å². The van der Waals surface area contributed by atoms with Crippen LogP contribution < -0.4 is 15.5 Å². The first kappa shape index (κ1) is 31.4. The Morgan fingerprint density at radius 3 is 2.41 bits per heavy atom. The summed E-state index contributed by atoms with van der Waals surface area (Å²) in [5, 5.41) is 31.7. The molecule has 5 N–H and O–H groups in total. The van der Waals surface area contributed by atoms with Gasteiger partial charge < -0.3 is 34.8 Å². The second kappa shape index (κ2) is 14.8. The van der Waals surface area contributed by atoms with E-state index in [2.05, 4.69) is 10.2 Å². The van der Waals surface area contributed by atoms with Crippen LogP contribution in [0.15, 0.2) is 18.2 Å². The van der Waals surface area contributed by atoms with Gasteiger partial charge in [-0.3, -0.25) is 19.2 Å². The number of halogens is 3. The number of hydrogen-bond donors (Lipinski definition) is 5. The smallest absolute Gasteiger partial charge is 0.461 e. The van der Waals surface area contributed by atoms with Gasteiger partial charge in [-0.1, -0.05) is 6.07 Å². The number of carbonyl (C=O) groups excluding carboxylic acids is 5. The van der Waals surface area contributed by atoms with Gasteiger partial charge in [0.1, 0.15) is 30.7 Å². The minimum atomic E-state index is -5.13.